The first-order valence-corrected chi connectivity index (χ1v) is 9.25. The summed E-state index contributed by atoms with van der Waals surface area (Å²) >= 11 is 5.28. The van der Waals surface area contributed by atoms with Gasteiger partial charge in [0.1, 0.15) is 11.2 Å². The second-order valence-corrected chi connectivity index (χ2v) is 6.70. The Morgan fingerprint density at radius 1 is 0.897 bits per heavy atom. The summed E-state index contributed by atoms with van der Waals surface area (Å²) in [5.74, 6) is 0.659. The van der Waals surface area contributed by atoms with Gasteiger partial charge in [0, 0.05) is 28.1 Å². The third-order valence-corrected chi connectivity index (χ3v) is 4.71. The molecule has 0 radical (unpaired) electrons. The Balaban J connectivity index is 1.49. The number of benzene rings is 3. The van der Waals surface area contributed by atoms with Crippen LogP contribution in [0.25, 0.3) is 21.9 Å². The van der Waals surface area contributed by atoms with Gasteiger partial charge in [0.15, 0.2) is 16.6 Å². The number of carbonyl (C=O) groups excluding carboxylic acids is 1. The molecule has 1 amide bonds. The van der Waals surface area contributed by atoms with E-state index >= 15 is 0 Å². The maximum absolute atomic E-state index is 12.5. The Bertz CT molecular complexity index is 1230. The first-order valence-electron chi connectivity index (χ1n) is 8.84. The van der Waals surface area contributed by atoms with E-state index in [2.05, 4.69) is 10.6 Å². The van der Waals surface area contributed by atoms with Gasteiger partial charge in [-0.05, 0) is 48.6 Å². The van der Waals surface area contributed by atoms with Gasteiger partial charge in [0.25, 0.3) is 5.91 Å². The molecule has 0 aliphatic heterocycles. The fourth-order valence-electron chi connectivity index (χ4n) is 3.12. The van der Waals surface area contributed by atoms with Crippen molar-refractivity contribution in [1.29, 1.82) is 0 Å². The van der Waals surface area contributed by atoms with E-state index in [-0.39, 0.29) is 11.0 Å². The summed E-state index contributed by atoms with van der Waals surface area (Å²) in [6, 6.07) is 18.5. The maximum atomic E-state index is 12.5. The van der Waals surface area contributed by atoms with Crippen LogP contribution in [0.2, 0.25) is 0 Å². The molecule has 1 aromatic heterocycles. The quantitative estimate of drug-likeness (QED) is 0.478. The van der Waals surface area contributed by atoms with Crippen LogP contribution in [0.5, 0.6) is 11.5 Å². The average Bonchev–Trinajstić information content (AvgIpc) is 3.10. The molecule has 0 aliphatic carbocycles. The van der Waals surface area contributed by atoms with Gasteiger partial charge in [-0.2, -0.15) is 0 Å². The number of fused-ring (bicyclic) bond motifs is 3. The second kappa shape index (κ2) is 7.81. The van der Waals surface area contributed by atoms with Crippen LogP contribution in [0.15, 0.2) is 65.1 Å². The molecular weight excluding hydrogens is 388 g/mol. The van der Waals surface area contributed by atoms with Crippen molar-refractivity contribution in [1.82, 2.24) is 5.32 Å². The minimum absolute atomic E-state index is 0.181. The molecule has 3 aromatic carbocycles. The van der Waals surface area contributed by atoms with Crippen LogP contribution in [-0.4, -0.2) is 25.2 Å². The van der Waals surface area contributed by atoms with Crippen LogP contribution >= 0.6 is 12.2 Å². The second-order valence-electron chi connectivity index (χ2n) is 6.29. The van der Waals surface area contributed by atoms with Crippen molar-refractivity contribution in [2.75, 3.05) is 19.5 Å². The third-order valence-electron chi connectivity index (χ3n) is 4.51. The molecule has 0 saturated heterocycles. The number of hydrogen-bond donors (Lipinski definition) is 2. The molecule has 29 heavy (non-hydrogen) atoms. The number of amides is 1. The molecule has 0 unspecified atom stereocenters. The fraction of sp³-hybridized carbons (Fsp3) is 0.0909. The number of ether oxygens (including phenoxy) is 2. The number of nitrogens with one attached hydrogen (secondary N) is 2. The number of rotatable bonds is 4. The van der Waals surface area contributed by atoms with Crippen molar-refractivity contribution in [2.24, 2.45) is 0 Å². The van der Waals surface area contributed by atoms with Gasteiger partial charge >= 0.3 is 0 Å². The Morgan fingerprint density at radius 2 is 1.66 bits per heavy atom. The maximum Gasteiger partial charge on any atom is 0.257 e. The van der Waals surface area contributed by atoms with Crippen LogP contribution in [0.3, 0.4) is 0 Å². The summed E-state index contributed by atoms with van der Waals surface area (Å²) in [7, 11) is 3.05. The van der Waals surface area contributed by atoms with Crippen molar-refractivity contribution in [3.63, 3.8) is 0 Å². The van der Waals surface area contributed by atoms with Crippen molar-refractivity contribution in [3.8, 4) is 11.5 Å². The first kappa shape index (κ1) is 18.8. The van der Waals surface area contributed by atoms with Gasteiger partial charge in [-0.1, -0.05) is 18.2 Å². The van der Waals surface area contributed by atoms with Crippen molar-refractivity contribution >= 4 is 50.9 Å². The predicted octanol–water partition coefficient (Wildman–Crippen LogP) is 4.73. The van der Waals surface area contributed by atoms with E-state index in [1.54, 1.807) is 18.2 Å². The van der Waals surface area contributed by atoms with Gasteiger partial charge < -0.3 is 19.2 Å². The molecule has 0 atom stereocenters. The third kappa shape index (κ3) is 3.72. The van der Waals surface area contributed by atoms with Gasteiger partial charge in [0.2, 0.25) is 0 Å². The fourth-order valence-corrected chi connectivity index (χ4v) is 3.33. The molecule has 0 spiro atoms. The number of hydrogen-bond acceptors (Lipinski definition) is 5. The predicted molar refractivity (Wildman–Crippen MR) is 117 cm³/mol. The molecule has 146 valence electrons. The highest BCUT2D eigenvalue weighted by Gasteiger charge is 2.13. The highest BCUT2D eigenvalue weighted by molar-refractivity contribution is 7.80. The monoisotopic (exact) mass is 406 g/mol. The van der Waals surface area contributed by atoms with Crippen LogP contribution in [0, 0.1) is 0 Å². The lowest BCUT2D eigenvalue weighted by molar-refractivity contribution is 0.0977. The lowest BCUT2D eigenvalue weighted by atomic mass is 10.1. The largest absolute Gasteiger partial charge is 0.493 e. The summed E-state index contributed by atoms with van der Waals surface area (Å²) in [4.78, 5) is 12.5. The standard InChI is InChI=1S/C22H18N2O4S/c1-26-18-10-7-13(11-20(18)27-2)21(25)24-22(29)23-14-8-9-16-15-5-3-4-6-17(15)28-19(16)12-14/h3-12H,1-2H3,(H2,23,24,25,29). The van der Waals surface area contributed by atoms with Crippen LogP contribution in [-0.2, 0) is 0 Å². The number of para-hydroxylation sites is 1. The number of methoxy groups -OCH3 is 2. The summed E-state index contributed by atoms with van der Waals surface area (Å²) in [6.07, 6.45) is 0. The molecule has 1 heterocycles. The Morgan fingerprint density at radius 3 is 2.45 bits per heavy atom. The Labute approximate surface area is 172 Å². The van der Waals surface area contributed by atoms with Crippen LogP contribution in [0.1, 0.15) is 10.4 Å². The van der Waals surface area contributed by atoms with Crippen LogP contribution < -0.4 is 20.1 Å². The lowest BCUT2D eigenvalue weighted by Crippen LogP contribution is -2.34. The molecule has 0 aliphatic rings. The number of thiocarbonyl (C=S) groups is 1. The van der Waals surface area contributed by atoms with Gasteiger partial charge in [0.05, 0.1) is 14.2 Å². The van der Waals surface area contributed by atoms with E-state index in [0.717, 1.165) is 21.9 Å². The lowest BCUT2D eigenvalue weighted by Gasteiger charge is -2.11. The number of anilines is 1. The van der Waals surface area contributed by atoms with E-state index in [0.29, 0.717) is 22.7 Å². The topological polar surface area (TPSA) is 72.7 Å². The highest BCUT2D eigenvalue weighted by atomic mass is 32.1. The molecule has 0 fully saturated rings. The molecule has 0 bridgehead atoms. The van der Waals surface area contributed by atoms with E-state index in [1.807, 2.05) is 42.5 Å². The molecule has 7 heteroatoms. The number of carbonyl (C=O) groups is 1. The molecule has 6 nitrogen and oxygen atoms in total. The molecule has 0 saturated carbocycles. The highest BCUT2D eigenvalue weighted by Crippen LogP contribution is 2.30. The summed E-state index contributed by atoms with van der Waals surface area (Å²) in [5, 5.41) is 7.93. The zero-order chi connectivity index (χ0) is 20.4. The minimum Gasteiger partial charge on any atom is -0.493 e. The van der Waals surface area contributed by atoms with E-state index in [4.69, 9.17) is 26.1 Å². The first-order chi connectivity index (χ1) is 14.1. The van der Waals surface area contributed by atoms with Gasteiger partial charge in [-0.25, -0.2) is 0 Å². The smallest absolute Gasteiger partial charge is 0.257 e. The Kier molecular flexibility index (Phi) is 5.05. The van der Waals surface area contributed by atoms with Crippen molar-refractivity contribution in [2.45, 2.75) is 0 Å². The molecular formula is C22H18N2O4S. The van der Waals surface area contributed by atoms with Crippen molar-refractivity contribution in [3.05, 3.63) is 66.2 Å². The Hall–Kier alpha value is -3.58. The zero-order valence-corrected chi connectivity index (χ0v) is 16.6. The zero-order valence-electron chi connectivity index (χ0n) is 15.8. The molecule has 4 rings (SSSR count). The summed E-state index contributed by atoms with van der Waals surface area (Å²) in [5.41, 5.74) is 2.68. The minimum atomic E-state index is -0.353. The van der Waals surface area contributed by atoms with E-state index in [1.165, 1.54) is 14.2 Å². The van der Waals surface area contributed by atoms with Gasteiger partial charge in [-0.3, -0.25) is 10.1 Å². The summed E-state index contributed by atoms with van der Waals surface area (Å²) < 4.78 is 16.3. The summed E-state index contributed by atoms with van der Waals surface area (Å²) in [6.45, 7) is 0. The van der Waals surface area contributed by atoms with E-state index in [9.17, 15) is 4.79 Å². The average molecular weight is 406 g/mol. The number of furan rings is 1. The van der Waals surface area contributed by atoms with Crippen molar-refractivity contribution < 1.29 is 18.7 Å². The van der Waals surface area contributed by atoms with E-state index < -0.39 is 0 Å². The normalized spacial score (nSPS) is 10.7. The van der Waals surface area contributed by atoms with Gasteiger partial charge in [-0.15, -0.1) is 0 Å². The molecule has 4 aromatic rings. The van der Waals surface area contributed by atoms with Crippen LogP contribution in [0.4, 0.5) is 5.69 Å². The SMILES string of the molecule is COc1ccc(C(=O)NC(=S)Nc2ccc3c(c2)oc2ccccc23)cc1OC. The molecule has 2 N–H and O–H groups in total.